The second-order valence-corrected chi connectivity index (χ2v) is 6.37. The normalized spacial score (nSPS) is 24.4. The van der Waals surface area contributed by atoms with E-state index >= 15 is 0 Å². The van der Waals surface area contributed by atoms with Crippen molar-refractivity contribution in [3.8, 4) is 0 Å². The molecule has 4 heteroatoms. The van der Waals surface area contributed by atoms with E-state index in [2.05, 4.69) is 58.3 Å². The zero-order valence-corrected chi connectivity index (χ0v) is 12.2. The van der Waals surface area contributed by atoms with Gasteiger partial charge in [-0.1, -0.05) is 15.9 Å². The highest BCUT2D eigenvalue weighted by Gasteiger charge is 2.29. The third-order valence-electron chi connectivity index (χ3n) is 3.13. The van der Waals surface area contributed by atoms with Crippen molar-refractivity contribution in [1.82, 2.24) is 5.32 Å². The van der Waals surface area contributed by atoms with Gasteiger partial charge in [0.05, 0.1) is 5.69 Å². The summed E-state index contributed by atoms with van der Waals surface area (Å²) in [5.74, 6) is 0. The van der Waals surface area contributed by atoms with Gasteiger partial charge in [-0.2, -0.15) is 0 Å². The Labute approximate surface area is 110 Å². The van der Waals surface area contributed by atoms with E-state index in [1.165, 1.54) is 10.6 Å². The van der Waals surface area contributed by atoms with E-state index in [9.17, 15) is 0 Å². The van der Waals surface area contributed by atoms with Crippen LogP contribution in [0.4, 0.5) is 5.69 Å². The summed E-state index contributed by atoms with van der Waals surface area (Å²) in [4.78, 5) is 3.75. The Morgan fingerprint density at radius 2 is 2.25 bits per heavy atom. The average Bonchev–Trinajstić information content (AvgIpc) is 2.25. The summed E-state index contributed by atoms with van der Waals surface area (Å²) in [6.07, 6.45) is 0. The van der Waals surface area contributed by atoms with Crippen LogP contribution >= 0.6 is 27.7 Å². The predicted octanol–water partition coefficient (Wildman–Crippen LogP) is 2.97. The SMILES string of the molecule is CNCC1Sc2cc(Br)ccc2N(C)C1C. The lowest BCUT2D eigenvalue weighted by Crippen LogP contribution is -2.44. The molecule has 0 saturated heterocycles. The Balaban J connectivity index is 2.32. The third kappa shape index (κ3) is 2.24. The van der Waals surface area contributed by atoms with Crippen molar-refractivity contribution >= 4 is 33.4 Å². The number of hydrogen-bond acceptors (Lipinski definition) is 3. The van der Waals surface area contributed by atoms with Gasteiger partial charge in [-0.05, 0) is 32.2 Å². The van der Waals surface area contributed by atoms with E-state index in [1.807, 2.05) is 18.8 Å². The van der Waals surface area contributed by atoms with E-state index in [0.717, 1.165) is 11.0 Å². The van der Waals surface area contributed by atoms with Crippen LogP contribution in [-0.4, -0.2) is 31.9 Å². The molecule has 0 amide bonds. The minimum atomic E-state index is 0.561. The van der Waals surface area contributed by atoms with Gasteiger partial charge in [0, 0.05) is 34.3 Å². The van der Waals surface area contributed by atoms with Gasteiger partial charge in [0.2, 0.25) is 0 Å². The highest BCUT2D eigenvalue weighted by molar-refractivity contribution is 9.10. The minimum absolute atomic E-state index is 0.561. The fraction of sp³-hybridized carbons (Fsp3) is 0.500. The molecular weight excluding hydrogens is 284 g/mol. The smallest absolute Gasteiger partial charge is 0.0505 e. The fourth-order valence-electron chi connectivity index (χ4n) is 2.02. The topological polar surface area (TPSA) is 15.3 Å². The molecule has 0 aromatic heterocycles. The van der Waals surface area contributed by atoms with Crippen LogP contribution in [0.3, 0.4) is 0 Å². The molecule has 0 aliphatic carbocycles. The Morgan fingerprint density at radius 3 is 2.94 bits per heavy atom. The Hall–Kier alpha value is -0.190. The van der Waals surface area contributed by atoms with Crippen LogP contribution in [0.25, 0.3) is 0 Å². The van der Waals surface area contributed by atoms with Gasteiger partial charge in [0.15, 0.2) is 0 Å². The van der Waals surface area contributed by atoms with Gasteiger partial charge >= 0.3 is 0 Å². The third-order valence-corrected chi connectivity index (χ3v) is 5.07. The van der Waals surface area contributed by atoms with Crippen LogP contribution in [0.15, 0.2) is 27.6 Å². The zero-order chi connectivity index (χ0) is 11.7. The first-order valence-electron chi connectivity index (χ1n) is 5.47. The molecule has 2 nitrogen and oxygen atoms in total. The summed E-state index contributed by atoms with van der Waals surface area (Å²) < 4.78 is 1.16. The zero-order valence-electron chi connectivity index (χ0n) is 9.83. The molecule has 1 aliphatic heterocycles. The number of benzene rings is 1. The van der Waals surface area contributed by atoms with Crippen LogP contribution < -0.4 is 10.2 Å². The summed E-state index contributed by atoms with van der Waals surface area (Å²) >= 11 is 5.51. The van der Waals surface area contributed by atoms with E-state index in [0.29, 0.717) is 11.3 Å². The maximum Gasteiger partial charge on any atom is 0.0505 e. The van der Waals surface area contributed by atoms with Gasteiger partial charge in [-0.15, -0.1) is 11.8 Å². The number of fused-ring (bicyclic) bond motifs is 1. The van der Waals surface area contributed by atoms with Crippen LogP contribution in [-0.2, 0) is 0 Å². The maximum absolute atomic E-state index is 3.54. The Morgan fingerprint density at radius 1 is 1.50 bits per heavy atom. The standard InChI is InChI=1S/C12H17BrN2S/c1-8-12(7-14-2)16-11-6-9(13)4-5-10(11)15(8)3/h4-6,8,12,14H,7H2,1-3H3. The van der Waals surface area contributed by atoms with Gasteiger partial charge in [-0.3, -0.25) is 0 Å². The Bertz CT molecular complexity index is 383. The molecule has 1 heterocycles. The summed E-state index contributed by atoms with van der Waals surface area (Å²) in [5.41, 5.74) is 1.34. The molecule has 1 aliphatic rings. The lowest BCUT2D eigenvalue weighted by Gasteiger charge is -2.39. The lowest BCUT2D eigenvalue weighted by molar-refractivity contribution is 0.603. The second-order valence-electron chi connectivity index (χ2n) is 4.18. The van der Waals surface area contributed by atoms with Crippen molar-refractivity contribution in [1.29, 1.82) is 0 Å². The monoisotopic (exact) mass is 300 g/mol. The first kappa shape index (κ1) is 12.3. The predicted molar refractivity (Wildman–Crippen MR) is 75.6 cm³/mol. The van der Waals surface area contributed by atoms with Crippen molar-refractivity contribution in [2.75, 3.05) is 25.5 Å². The van der Waals surface area contributed by atoms with E-state index < -0.39 is 0 Å². The summed E-state index contributed by atoms with van der Waals surface area (Å²) in [6, 6.07) is 7.08. The molecular formula is C12H17BrN2S. The highest BCUT2D eigenvalue weighted by atomic mass is 79.9. The fourth-order valence-corrected chi connectivity index (χ4v) is 4.01. The molecule has 88 valence electrons. The van der Waals surface area contributed by atoms with Crippen LogP contribution in [0.1, 0.15) is 6.92 Å². The molecule has 2 unspecified atom stereocenters. The van der Waals surface area contributed by atoms with Crippen LogP contribution in [0.5, 0.6) is 0 Å². The van der Waals surface area contributed by atoms with Gasteiger partial charge in [0.1, 0.15) is 0 Å². The average molecular weight is 301 g/mol. The van der Waals surface area contributed by atoms with E-state index in [1.54, 1.807) is 0 Å². The molecule has 1 aromatic rings. The van der Waals surface area contributed by atoms with Crippen LogP contribution in [0.2, 0.25) is 0 Å². The molecule has 0 fully saturated rings. The van der Waals surface area contributed by atoms with Gasteiger partial charge in [-0.25, -0.2) is 0 Å². The number of nitrogens with zero attached hydrogens (tertiary/aromatic N) is 1. The second kappa shape index (κ2) is 4.98. The quantitative estimate of drug-likeness (QED) is 0.904. The minimum Gasteiger partial charge on any atom is -0.370 e. The van der Waals surface area contributed by atoms with E-state index in [4.69, 9.17) is 0 Å². The number of nitrogens with one attached hydrogen (secondary N) is 1. The number of hydrogen-bond donors (Lipinski definition) is 1. The van der Waals surface area contributed by atoms with Crippen molar-refractivity contribution < 1.29 is 0 Å². The largest absolute Gasteiger partial charge is 0.370 e. The first-order valence-corrected chi connectivity index (χ1v) is 7.14. The molecule has 16 heavy (non-hydrogen) atoms. The summed E-state index contributed by atoms with van der Waals surface area (Å²) in [5, 5.41) is 3.88. The number of rotatable bonds is 2. The van der Waals surface area contributed by atoms with Gasteiger partial charge in [0.25, 0.3) is 0 Å². The molecule has 2 rings (SSSR count). The molecule has 0 saturated carbocycles. The van der Waals surface area contributed by atoms with Crippen LogP contribution in [0, 0.1) is 0 Å². The Kier molecular flexibility index (Phi) is 3.82. The van der Waals surface area contributed by atoms with Crippen molar-refractivity contribution in [3.63, 3.8) is 0 Å². The van der Waals surface area contributed by atoms with Crippen molar-refractivity contribution in [3.05, 3.63) is 22.7 Å². The maximum atomic E-state index is 3.54. The van der Waals surface area contributed by atoms with Crippen molar-refractivity contribution in [2.45, 2.75) is 23.1 Å². The lowest BCUT2D eigenvalue weighted by atomic mass is 10.1. The summed E-state index contributed by atoms with van der Waals surface area (Å²) in [7, 11) is 4.20. The molecule has 0 spiro atoms. The number of halogens is 1. The van der Waals surface area contributed by atoms with Gasteiger partial charge < -0.3 is 10.2 Å². The molecule has 0 radical (unpaired) electrons. The molecule has 2 atom stereocenters. The number of thioether (sulfide) groups is 1. The van der Waals surface area contributed by atoms with E-state index in [-0.39, 0.29) is 0 Å². The molecule has 1 N–H and O–H groups in total. The summed E-state index contributed by atoms with van der Waals surface area (Å²) in [6.45, 7) is 3.34. The number of anilines is 1. The first-order chi connectivity index (χ1) is 7.63. The molecule has 0 bridgehead atoms. The van der Waals surface area contributed by atoms with Crippen molar-refractivity contribution in [2.24, 2.45) is 0 Å². The molecule has 1 aromatic carbocycles. The highest BCUT2D eigenvalue weighted by Crippen LogP contribution is 2.41.